The van der Waals surface area contributed by atoms with Crippen molar-refractivity contribution in [1.82, 2.24) is 0 Å². The Balaban J connectivity index is 0.000000140. The topological polar surface area (TPSA) is 17.1 Å². The molecule has 1 aromatic rings. The third-order valence-corrected chi connectivity index (χ3v) is 2.58. The van der Waals surface area contributed by atoms with E-state index in [0.717, 1.165) is 24.2 Å². The van der Waals surface area contributed by atoms with Crippen molar-refractivity contribution < 1.29 is 4.79 Å². The molecular formula is C12H15ClO. The van der Waals surface area contributed by atoms with Crippen LogP contribution >= 0.6 is 11.6 Å². The highest BCUT2D eigenvalue weighted by Gasteiger charge is 2.12. The van der Waals surface area contributed by atoms with Gasteiger partial charge in [0.15, 0.2) is 0 Å². The van der Waals surface area contributed by atoms with Crippen molar-refractivity contribution in [2.75, 3.05) is 0 Å². The van der Waals surface area contributed by atoms with Crippen LogP contribution in [0.3, 0.4) is 0 Å². The normalized spacial score (nSPS) is 15.8. The molecule has 0 radical (unpaired) electrons. The first-order valence-electron chi connectivity index (χ1n) is 4.99. The fourth-order valence-electron chi connectivity index (χ4n) is 1.51. The van der Waals surface area contributed by atoms with Crippen molar-refractivity contribution in [1.29, 1.82) is 0 Å². The Hall–Kier alpha value is -0.820. The molecule has 1 aliphatic rings. The first kappa shape index (κ1) is 11.3. The lowest BCUT2D eigenvalue weighted by molar-refractivity contribution is -0.110. The lowest BCUT2D eigenvalue weighted by Gasteiger charge is -1.90. The van der Waals surface area contributed by atoms with Gasteiger partial charge in [-0.2, -0.15) is 0 Å². The summed E-state index contributed by atoms with van der Waals surface area (Å²) in [5.41, 5.74) is 0. The van der Waals surface area contributed by atoms with Gasteiger partial charge in [0, 0.05) is 10.9 Å². The van der Waals surface area contributed by atoms with Crippen LogP contribution in [-0.2, 0) is 4.79 Å². The molecule has 1 aromatic carbocycles. The summed E-state index contributed by atoms with van der Waals surface area (Å²) in [6, 6.07) is 9.44. The Morgan fingerprint density at radius 1 is 1.14 bits per heavy atom. The van der Waals surface area contributed by atoms with Crippen molar-refractivity contribution in [2.24, 2.45) is 5.92 Å². The van der Waals surface area contributed by atoms with Gasteiger partial charge in [0.25, 0.3) is 0 Å². The molecule has 0 saturated heterocycles. The van der Waals surface area contributed by atoms with Crippen LogP contribution < -0.4 is 0 Å². The first-order valence-corrected chi connectivity index (χ1v) is 5.36. The predicted molar refractivity (Wildman–Crippen MR) is 59.5 cm³/mol. The van der Waals surface area contributed by atoms with Gasteiger partial charge in [0.05, 0.1) is 0 Å². The maximum atomic E-state index is 10.0. The van der Waals surface area contributed by atoms with Gasteiger partial charge < -0.3 is 4.79 Å². The van der Waals surface area contributed by atoms with Crippen LogP contribution in [0.4, 0.5) is 0 Å². The predicted octanol–water partition coefficient (Wildman–Crippen LogP) is 3.72. The van der Waals surface area contributed by atoms with E-state index in [1.54, 1.807) is 0 Å². The molecule has 2 rings (SSSR count). The van der Waals surface area contributed by atoms with Crippen LogP contribution in [0.1, 0.15) is 25.7 Å². The number of hydrogen-bond donors (Lipinski definition) is 0. The van der Waals surface area contributed by atoms with Crippen LogP contribution in [0.25, 0.3) is 0 Å². The zero-order valence-electron chi connectivity index (χ0n) is 8.16. The number of benzene rings is 1. The van der Waals surface area contributed by atoms with Crippen LogP contribution in [0, 0.1) is 5.92 Å². The second kappa shape index (κ2) is 6.61. The van der Waals surface area contributed by atoms with Gasteiger partial charge in [-0.25, -0.2) is 0 Å². The quantitative estimate of drug-likeness (QED) is 0.646. The highest BCUT2D eigenvalue weighted by molar-refractivity contribution is 6.30. The van der Waals surface area contributed by atoms with Gasteiger partial charge in [-0.15, -0.1) is 0 Å². The molecule has 1 saturated carbocycles. The maximum Gasteiger partial charge on any atom is 0.123 e. The number of carbonyl (C=O) groups excluding carboxylic acids is 1. The van der Waals surface area contributed by atoms with Gasteiger partial charge in [-0.3, -0.25) is 0 Å². The Labute approximate surface area is 90.1 Å². The highest BCUT2D eigenvalue weighted by Crippen LogP contribution is 2.21. The van der Waals surface area contributed by atoms with E-state index in [0.29, 0.717) is 5.92 Å². The molecule has 0 amide bonds. The molecule has 1 aliphatic carbocycles. The molecule has 0 spiro atoms. The number of hydrogen-bond acceptors (Lipinski definition) is 1. The summed E-state index contributed by atoms with van der Waals surface area (Å²) in [7, 11) is 0. The molecule has 1 fully saturated rings. The first-order chi connectivity index (χ1) is 6.83. The average molecular weight is 211 g/mol. The van der Waals surface area contributed by atoms with Crippen LogP contribution in [0.15, 0.2) is 30.3 Å². The van der Waals surface area contributed by atoms with E-state index in [-0.39, 0.29) is 0 Å². The van der Waals surface area contributed by atoms with E-state index in [1.165, 1.54) is 12.8 Å². The van der Waals surface area contributed by atoms with Crippen LogP contribution in [0.5, 0.6) is 0 Å². The summed E-state index contributed by atoms with van der Waals surface area (Å²) in [6.45, 7) is 0. The van der Waals surface area contributed by atoms with Crippen molar-refractivity contribution in [3.05, 3.63) is 35.4 Å². The maximum absolute atomic E-state index is 10.0. The number of rotatable bonds is 1. The fraction of sp³-hybridized carbons (Fsp3) is 0.417. The van der Waals surface area contributed by atoms with E-state index < -0.39 is 0 Å². The van der Waals surface area contributed by atoms with Crippen molar-refractivity contribution in [2.45, 2.75) is 25.7 Å². The summed E-state index contributed by atoms with van der Waals surface area (Å²) >= 11 is 5.54. The van der Waals surface area contributed by atoms with Crippen molar-refractivity contribution >= 4 is 17.9 Å². The van der Waals surface area contributed by atoms with E-state index >= 15 is 0 Å². The molecule has 0 aliphatic heterocycles. The zero-order valence-corrected chi connectivity index (χ0v) is 8.91. The fourth-order valence-corrected chi connectivity index (χ4v) is 1.65. The van der Waals surface area contributed by atoms with E-state index in [4.69, 9.17) is 11.6 Å². The summed E-state index contributed by atoms with van der Waals surface area (Å²) < 4.78 is 0. The molecule has 1 nitrogen and oxygen atoms in total. The summed E-state index contributed by atoms with van der Waals surface area (Å²) in [5, 5.41) is 0.794. The van der Waals surface area contributed by atoms with Gasteiger partial charge in [-0.1, -0.05) is 42.6 Å². The van der Waals surface area contributed by atoms with Gasteiger partial charge in [0.1, 0.15) is 6.29 Å². The number of aldehydes is 1. The van der Waals surface area contributed by atoms with E-state index in [9.17, 15) is 4.79 Å². The third-order valence-electron chi connectivity index (χ3n) is 2.33. The molecule has 0 aromatic heterocycles. The second-order valence-corrected chi connectivity index (χ2v) is 3.91. The summed E-state index contributed by atoms with van der Waals surface area (Å²) in [4.78, 5) is 10.0. The average Bonchev–Trinajstić information content (AvgIpc) is 2.72. The third kappa shape index (κ3) is 4.43. The van der Waals surface area contributed by atoms with E-state index in [2.05, 4.69) is 0 Å². The smallest absolute Gasteiger partial charge is 0.123 e. The van der Waals surface area contributed by atoms with Crippen molar-refractivity contribution in [3.8, 4) is 0 Å². The molecule has 14 heavy (non-hydrogen) atoms. The van der Waals surface area contributed by atoms with E-state index in [1.807, 2.05) is 30.3 Å². The Kier molecular flexibility index (Phi) is 5.31. The second-order valence-electron chi connectivity index (χ2n) is 3.48. The standard InChI is InChI=1S/C6H5Cl.C6H10O/c7-6-4-2-1-3-5-6;7-5-6-3-1-2-4-6/h1-5H;5-6H,1-4H2. The SMILES string of the molecule is Clc1ccccc1.O=CC1CCCC1. The Bertz CT molecular complexity index is 252. The van der Waals surface area contributed by atoms with Gasteiger partial charge in [-0.05, 0) is 25.0 Å². The monoisotopic (exact) mass is 210 g/mol. The van der Waals surface area contributed by atoms with Gasteiger partial charge in [0.2, 0.25) is 0 Å². The minimum absolute atomic E-state index is 0.417. The minimum atomic E-state index is 0.417. The molecule has 0 atom stereocenters. The Morgan fingerprint density at radius 3 is 2.00 bits per heavy atom. The zero-order chi connectivity index (χ0) is 10.2. The number of halogens is 1. The largest absolute Gasteiger partial charge is 0.303 e. The van der Waals surface area contributed by atoms with Crippen LogP contribution in [-0.4, -0.2) is 6.29 Å². The summed E-state index contributed by atoms with van der Waals surface area (Å²) in [6.07, 6.45) is 5.91. The molecule has 76 valence electrons. The number of carbonyl (C=O) groups is 1. The summed E-state index contributed by atoms with van der Waals surface area (Å²) in [5.74, 6) is 0.417. The lowest BCUT2D eigenvalue weighted by Crippen LogP contribution is -1.91. The minimum Gasteiger partial charge on any atom is -0.303 e. The molecular weight excluding hydrogens is 196 g/mol. The Morgan fingerprint density at radius 2 is 1.71 bits per heavy atom. The molecule has 0 bridgehead atoms. The lowest BCUT2D eigenvalue weighted by atomic mass is 10.1. The molecule has 0 N–H and O–H groups in total. The molecule has 0 unspecified atom stereocenters. The van der Waals surface area contributed by atoms with Crippen molar-refractivity contribution in [3.63, 3.8) is 0 Å². The molecule has 0 heterocycles. The van der Waals surface area contributed by atoms with Gasteiger partial charge >= 0.3 is 0 Å². The highest BCUT2D eigenvalue weighted by atomic mass is 35.5. The molecule has 2 heteroatoms. The van der Waals surface area contributed by atoms with Crippen LogP contribution in [0.2, 0.25) is 5.02 Å².